The molecule has 2 saturated heterocycles. The lowest BCUT2D eigenvalue weighted by Crippen LogP contribution is -2.53. The molecule has 3 rings (SSSR count). The van der Waals surface area contributed by atoms with Gasteiger partial charge in [-0.05, 0) is 24.8 Å². The molecule has 8 heteroatoms. The standard InChI is InChI=1S/C19H24F3N3O2/c1-24-12-16-15(17(24)26)8-5-9-25(16)18(27)23-11-14(19(20,21)22)10-13-6-3-2-4-7-13/h2-4,6-7,14-16H,5,8-12H2,1H3,(H,23,27)/t14?,15-,16-/m1/s1. The van der Waals surface area contributed by atoms with Crippen molar-refractivity contribution in [2.45, 2.75) is 31.5 Å². The minimum absolute atomic E-state index is 0.00902. The third kappa shape index (κ3) is 4.36. The van der Waals surface area contributed by atoms with Crippen LogP contribution in [0.25, 0.3) is 0 Å². The van der Waals surface area contributed by atoms with Crippen LogP contribution in [0.2, 0.25) is 0 Å². The number of carbonyl (C=O) groups is 2. The molecule has 5 nitrogen and oxygen atoms in total. The minimum Gasteiger partial charge on any atom is -0.343 e. The molecule has 0 bridgehead atoms. The van der Waals surface area contributed by atoms with E-state index in [0.717, 1.165) is 6.42 Å². The van der Waals surface area contributed by atoms with Crippen LogP contribution in [-0.4, -0.2) is 60.6 Å². The van der Waals surface area contributed by atoms with Crippen LogP contribution < -0.4 is 5.32 Å². The van der Waals surface area contributed by atoms with Gasteiger partial charge in [-0.1, -0.05) is 30.3 Å². The molecule has 1 unspecified atom stereocenters. The van der Waals surface area contributed by atoms with E-state index in [0.29, 0.717) is 25.1 Å². The molecule has 1 N–H and O–H groups in total. The average Bonchev–Trinajstić information content (AvgIpc) is 2.92. The zero-order valence-electron chi connectivity index (χ0n) is 15.2. The Bertz CT molecular complexity index is 681. The molecule has 1 aromatic rings. The normalized spacial score (nSPS) is 23.9. The summed E-state index contributed by atoms with van der Waals surface area (Å²) in [5, 5.41) is 2.46. The van der Waals surface area contributed by atoms with Gasteiger partial charge in [-0.2, -0.15) is 13.2 Å². The van der Waals surface area contributed by atoms with Crippen molar-refractivity contribution < 1.29 is 22.8 Å². The van der Waals surface area contributed by atoms with Crippen LogP contribution in [0, 0.1) is 11.8 Å². The van der Waals surface area contributed by atoms with Gasteiger partial charge >= 0.3 is 12.2 Å². The fourth-order valence-electron chi connectivity index (χ4n) is 3.99. The molecule has 0 saturated carbocycles. The van der Waals surface area contributed by atoms with Crippen LogP contribution in [0.5, 0.6) is 0 Å². The zero-order valence-corrected chi connectivity index (χ0v) is 15.2. The Kier molecular flexibility index (Phi) is 5.62. The van der Waals surface area contributed by atoms with Crippen molar-refractivity contribution in [2.24, 2.45) is 11.8 Å². The number of piperidine rings is 1. The first-order chi connectivity index (χ1) is 12.8. The Morgan fingerprint density at radius 3 is 2.67 bits per heavy atom. The lowest BCUT2D eigenvalue weighted by atomic mass is 9.92. The number of amides is 3. The van der Waals surface area contributed by atoms with Gasteiger partial charge < -0.3 is 15.1 Å². The lowest BCUT2D eigenvalue weighted by molar-refractivity contribution is -0.172. The van der Waals surface area contributed by atoms with Crippen LogP contribution in [0.4, 0.5) is 18.0 Å². The first kappa shape index (κ1) is 19.5. The lowest BCUT2D eigenvalue weighted by Gasteiger charge is -2.36. The van der Waals surface area contributed by atoms with E-state index in [9.17, 15) is 22.8 Å². The number of nitrogens with zero attached hydrogens (tertiary/aromatic N) is 2. The van der Waals surface area contributed by atoms with E-state index in [1.54, 1.807) is 42.3 Å². The van der Waals surface area contributed by atoms with E-state index in [1.165, 1.54) is 4.90 Å². The van der Waals surface area contributed by atoms with Crippen LogP contribution in [0.15, 0.2) is 30.3 Å². The van der Waals surface area contributed by atoms with Gasteiger partial charge in [0.2, 0.25) is 5.91 Å². The second kappa shape index (κ2) is 7.78. The smallest absolute Gasteiger partial charge is 0.343 e. The number of halogens is 3. The van der Waals surface area contributed by atoms with Gasteiger partial charge in [0.25, 0.3) is 0 Å². The van der Waals surface area contributed by atoms with E-state index in [1.807, 2.05) is 0 Å². The Hall–Kier alpha value is -2.25. The van der Waals surface area contributed by atoms with E-state index >= 15 is 0 Å². The van der Waals surface area contributed by atoms with Gasteiger partial charge in [-0.25, -0.2) is 4.79 Å². The van der Waals surface area contributed by atoms with Crippen molar-refractivity contribution in [3.8, 4) is 0 Å². The number of likely N-dealkylation sites (N-methyl/N-ethyl adjacent to an activating group) is 1. The maximum atomic E-state index is 13.4. The summed E-state index contributed by atoms with van der Waals surface area (Å²) in [6, 6.07) is 7.67. The second-order valence-electron chi connectivity index (χ2n) is 7.34. The third-order valence-electron chi connectivity index (χ3n) is 5.48. The summed E-state index contributed by atoms with van der Waals surface area (Å²) in [5.41, 5.74) is 0.579. The molecule has 2 aliphatic rings. The molecule has 2 heterocycles. The maximum Gasteiger partial charge on any atom is 0.393 e. The number of fused-ring (bicyclic) bond motifs is 1. The van der Waals surface area contributed by atoms with E-state index < -0.39 is 24.7 Å². The molecular formula is C19H24F3N3O2. The summed E-state index contributed by atoms with van der Waals surface area (Å²) in [5.74, 6) is -1.88. The van der Waals surface area contributed by atoms with E-state index in [-0.39, 0.29) is 24.3 Å². The van der Waals surface area contributed by atoms with Crippen molar-refractivity contribution >= 4 is 11.9 Å². The monoisotopic (exact) mass is 383 g/mol. The number of alkyl halides is 3. The SMILES string of the molecule is CN1C[C@@H]2[C@@H](CCCN2C(=O)NCC(Cc2ccccc2)C(F)(F)F)C1=O. The number of nitrogens with one attached hydrogen (secondary N) is 1. The van der Waals surface area contributed by atoms with Gasteiger partial charge in [0.1, 0.15) is 0 Å². The zero-order chi connectivity index (χ0) is 19.6. The minimum atomic E-state index is -4.41. The molecule has 0 radical (unpaired) electrons. The van der Waals surface area contributed by atoms with Gasteiger partial charge in [-0.15, -0.1) is 0 Å². The predicted octanol–water partition coefficient (Wildman–Crippen LogP) is 2.67. The first-order valence-corrected chi connectivity index (χ1v) is 9.17. The van der Waals surface area contributed by atoms with Gasteiger partial charge in [0, 0.05) is 26.7 Å². The Labute approximate surface area is 156 Å². The molecule has 0 spiro atoms. The second-order valence-corrected chi connectivity index (χ2v) is 7.34. The van der Waals surface area contributed by atoms with Crippen LogP contribution in [0.1, 0.15) is 18.4 Å². The van der Waals surface area contributed by atoms with Crippen LogP contribution in [-0.2, 0) is 11.2 Å². The van der Waals surface area contributed by atoms with Crippen molar-refractivity contribution in [1.29, 1.82) is 0 Å². The highest BCUT2D eigenvalue weighted by Crippen LogP contribution is 2.32. The summed E-state index contributed by atoms with van der Waals surface area (Å²) in [6.07, 6.45) is -3.19. The van der Waals surface area contributed by atoms with E-state index in [2.05, 4.69) is 5.32 Å². The Balaban J connectivity index is 1.63. The highest BCUT2D eigenvalue weighted by atomic mass is 19.4. The first-order valence-electron chi connectivity index (χ1n) is 9.17. The molecule has 27 heavy (non-hydrogen) atoms. The molecular weight excluding hydrogens is 359 g/mol. The molecule has 3 atom stereocenters. The number of likely N-dealkylation sites (tertiary alicyclic amines) is 2. The average molecular weight is 383 g/mol. The number of hydrogen-bond donors (Lipinski definition) is 1. The summed E-state index contributed by atoms with van der Waals surface area (Å²) >= 11 is 0. The molecule has 0 aliphatic carbocycles. The van der Waals surface area contributed by atoms with Gasteiger partial charge in [0.15, 0.2) is 0 Å². The predicted molar refractivity (Wildman–Crippen MR) is 93.9 cm³/mol. The van der Waals surface area contributed by atoms with Crippen molar-refractivity contribution in [3.05, 3.63) is 35.9 Å². The highest BCUT2D eigenvalue weighted by Gasteiger charge is 2.46. The fourth-order valence-corrected chi connectivity index (χ4v) is 3.99. The van der Waals surface area contributed by atoms with Crippen LogP contribution >= 0.6 is 0 Å². The number of hydrogen-bond acceptors (Lipinski definition) is 2. The topological polar surface area (TPSA) is 52.6 Å². The van der Waals surface area contributed by atoms with Gasteiger partial charge in [0.05, 0.1) is 17.9 Å². The molecule has 1 aromatic carbocycles. The van der Waals surface area contributed by atoms with Gasteiger partial charge in [-0.3, -0.25) is 4.79 Å². The van der Waals surface area contributed by atoms with Crippen molar-refractivity contribution in [3.63, 3.8) is 0 Å². The Morgan fingerprint density at radius 2 is 2.00 bits per heavy atom. The highest BCUT2D eigenvalue weighted by molar-refractivity contribution is 5.84. The summed E-state index contributed by atoms with van der Waals surface area (Å²) in [7, 11) is 1.69. The molecule has 2 aliphatic heterocycles. The number of benzene rings is 1. The number of rotatable bonds is 4. The fraction of sp³-hybridized carbons (Fsp3) is 0.579. The number of urea groups is 1. The summed E-state index contributed by atoms with van der Waals surface area (Å²) < 4.78 is 40.2. The third-order valence-corrected chi connectivity index (χ3v) is 5.48. The number of carbonyl (C=O) groups excluding carboxylic acids is 2. The quantitative estimate of drug-likeness (QED) is 0.869. The summed E-state index contributed by atoms with van der Waals surface area (Å²) in [6.45, 7) is 0.419. The molecule has 0 aromatic heterocycles. The van der Waals surface area contributed by atoms with Crippen LogP contribution in [0.3, 0.4) is 0 Å². The van der Waals surface area contributed by atoms with E-state index in [4.69, 9.17) is 0 Å². The Morgan fingerprint density at radius 1 is 1.30 bits per heavy atom. The van der Waals surface area contributed by atoms with Crippen molar-refractivity contribution in [2.75, 3.05) is 26.7 Å². The molecule has 2 fully saturated rings. The molecule has 148 valence electrons. The largest absolute Gasteiger partial charge is 0.393 e. The summed E-state index contributed by atoms with van der Waals surface area (Å²) in [4.78, 5) is 27.8. The maximum absolute atomic E-state index is 13.4. The van der Waals surface area contributed by atoms with Crippen molar-refractivity contribution in [1.82, 2.24) is 15.1 Å². The molecule has 3 amide bonds.